The van der Waals surface area contributed by atoms with Gasteiger partial charge in [0.25, 0.3) is 5.91 Å². The van der Waals surface area contributed by atoms with E-state index in [-0.39, 0.29) is 37.8 Å². The van der Waals surface area contributed by atoms with Crippen LogP contribution in [-0.2, 0) is 22.6 Å². The van der Waals surface area contributed by atoms with Crippen molar-refractivity contribution in [2.24, 2.45) is 5.10 Å². The van der Waals surface area contributed by atoms with Crippen molar-refractivity contribution in [1.82, 2.24) is 5.01 Å². The lowest BCUT2D eigenvalue weighted by Crippen LogP contribution is -2.29. The molecule has 0 saturated heterocycles. The van der Waals surface area contributed by atoms with Crippen molar-refractivity contribution in [1.29, 1.82) is 0 Å². The van der Waals surface area contributed by atoms with Gasteiger partial charge in [-0.25, -0.2) is 22.6 Å². The average Bonchev–Trinajstić information content (AvgIpc) is 3.45. The van der Waals surface area contributed by atoms with Crippen LogP contribution in [0.15, 0.2) is 84.0 Å². The van der Waals surface area contributed by atoms with E-state index in [1.165, 1.54) is 31.4 Å². The molecule has 7 nitrogen and oxygen atoms in total. The summed E-state index contributed by atoms with van der Waals surface area (Å²) in [5.41, 5.74) is 1.81. The van der Waals surface area contributed by atoms with Crippen molar-refractivity contribution < 1.29 is 41.4 Å². The zero-order valence-electron chi connectivity index (χ0n) is 24.4. The lowest BCUT2D eigenvalue weighted by Gasteiger charge is -2.25. The summed E-state index contributed by atoms with van der Waals surface area (Å²) in [6, 6.07) is 17.6. The summed E-state index contributed by atoms with van der Waals surface area (Å²) in [6.45, 7) is 2.12. The first-order valence-electron chi connectivity index (χ1n) is 14.0. The van der Waals surface area contributed by atoms with Gasteiger partial charge in [-0.05, 0) is 41.8 Å². The van der Waals surface area contributed by atoms with Gasteiger partial charge in [0.05, 0.1) is 31.9 Å². The van der Waals surface area contributed by atoms with Crippen molar-refractivity contribution in [3.05, 3.63) is 130 Å². The van der Waals surface area contributed by atoms with Gasteiger partial charge >= 0.3 is 5.97 Å². The maximum atomic E-state index is 14.7. The summed E-state index contributed by atoms with van der Waals surface area (Å²) in [5.74, 6) is -5.33. The Balaban J connectivity index is 1.47. The fourth-order valence-electron chi connectivity index (χ4n) is 5.11. The summed E-state index contributed by atoms with van der Waals surface area (Å²) in [5, 5.41) is 5.30. The number of hydrogen-bond donors (Lipinski definition) is 0. The zero-order valence-corrected chi connectivity index (χ0v) is 24.4. The molecule has 0 aliphatic carbocycles. The molecule has 0 aromatic heterocycles. The van der Waals surface area contributed by atoms with Gasteiger partial charge in [-0.15, -0.1) is 0 Å². The number of halogens is 4. The van der Waals surface area contributed by atoms with Crippen molar-refractivity contribution in [3.63, 3.8) is 0 Å². The molecule has 1 aliphatic heterocycles. The first kappa shape index (κ1) is 31.2. The van der Waals surface area contributed by atoms with Crippen molar-refractivity contribution in [2.45, 2.75) is 32.4 Å². The molecule has 0 N–H and O–H groups in total. The number of carbonyl (C=O) groups is 2. The third-order valence-electron chi connectivity index (χ3n) is 7.13. The maximum Gasteiger partial charge on any atom is 0.310 e. The minimum Gasteiger partial charge on any atom is -0.492 e. The highest BCUT2D eigenvalue weighted by molar-refractivity contribution is 6.05. The second-order valence-electron chi connectivity index (χ2n) is 10.1. The molecule has 4 aromatic rings. The zero-order chi connectivity index (χ0) is 32.1. The Morgan fingerprint density at radius 3 is 2.27 bits per heavy atom. The van der Waals surface area contributed by atoms with Crippen molar-refractivity contribution in [3.8, 4) is 11.5 Å². The van der Waals surface area contributed by atoms with Gasteiger partial charge < -0.3 is 14.2 Å². The highest BCUT2D eigenvalue weighted by atomic mass is 19.1. The third kappa shape index (κ3) is 6.98. The lowest BCUT2D eigenvalue weighted by molar-refractivity contribution is -0.142. The number of para-hydroxylation sites is 1. The molecule has 11 heteroatoms. The van der Waals surface area contributed by atoms with Crippen LogP contribution in [0.4, 0.5) is 17.6 Å². The first-order chi connectivity index (χ1) is 21.7. The highest BCUT2D eigenvalue weighted by Crippen LogP contribution is 2.43. The average molecular weight is 621 g/mol. The number of methoxy groups -OCH3 is 1. The number of nitrogens with zero attached hydrogens (tertiary/aromatic N) is 2. The molecular formula is C34H28F4N2O5. The highest BCUT2D eigenvalue weighted by Gasteiger charge is 2.38. The van der Waals surface area contributed by atoms with Gasteiger partial charge in [-0.2, -0.15) is 5.10 Å². The van der Waals surface area contributed by atoms with Crippen LogP contribution < -0.4 is 9.47 Å². The molecule has 5 rings (SSSR count). The van der Waals surface area contributed by atoms with E-state index in [2.05, 4.69) is 5.10 Å². The molecule has 0 saturated carbocycles. The number of amides is 1. The van der Waals surface area contributed by atoms with E-state index in [1.807, 2.05) is 12.1 Å². The largest absolute Gasteiger partial charge is 0.492 e. The molecular weight excluding hydrogens is 592 g/mol. The van der Waals surface area contributed by atoms with E-state index >= 15 is 0 Å². The van der Waals surface area contributed by atoms with Crippen LogP contribution in [0.2, 0.25) is 0 Å². The number of benzene rings is 4. The molecule has 1 aliphatic rings. The Bertz CT molecular complexity index is 1740. The predicted molar refractivity (Wildman–Crippen MR) is 157 cm³/mol. The van der Waals surface area contributed by atoms with Gasteiger partial charge in [-0.1, -0.05) is 48.5 Å². The molecule has 1 unspecified atom stereocenters. The molecule has 0 fully saturated rings. The molecule has 232 valence electrons. The fraction of sp³-hybridized carbons (Fsp3) is 0.206. The summed E-state index contributed by atoms with van der Waals surface area (Å²) in [6.07, 6.45) is 0.190. The first-order valence-corrected chi connectivity index (χ1v) is 14.0. The fourth-order valence-corrected chi connectivity index (χ4v) is 5.11. The normalized spacial score (nSPS) is 14.2. The number of rotatable bonds is 10. The van der Waals surface area contributed by atoms with E-state index in [0.717, 1.165) is 16.1 Å². The quantitative estimate of drug-likeness (QED) is 0.142. The maximum absolute atomic E-state index is 14.7. The summed E-state index contributed by atoms with van der Waals surface area (Å²) < 4.78 is 73.6. The number of esters is 1. The molecule has 45 heavy (non-hydrogen) atoms. The van der Waals surface area contributed by atoms with Crippen molar-refractivity contribution >= 4 is 17.6 Å². The van der Waals surface area contributed by atoms with Crippen LogP contribution in [0.3, 0.4) is 0 Å². The Labute approximate surface area is 256 Å². The van der Waals surface area contributed by atoms with Crippen molar-refractivity contribution in [2.75, 3.05) is 13.7 Å². The summed E-state index contributed by atoms with van der Waals surface area (Å²) in [7, 11) is 1.41. The number of hydrogen-bond acceptors (Lipinski definition) is 6. The van der Waals surface area contributed by atoms with Crippen LogP contribution in [0.1, 0.15) is 52.0 Å². The van der Waals surface area contributed by atoms with E-state index in [1.54, 1.807) is 37.3 Å². The molecule has 0 bridgehead atoms. The second-order valence-corrected chi connectivity index (χ2v) is 10.1. The van der Waals surface area contributed by atoms with E-state index in [9.17, 15) is 27.2 Å². The topological polar surface area (TPSA) is 77.4 Å². The van der Waals surface area contributed by atoms with Crippen LogP contribution in [0.25, 0.3) is 0 Å². The van der Waals surface area contributed by atoms with Crippen LogP contribution in [0.5, 0.6) is 11.5 Å². The van der Waals surface area contributed by atoms with Gasteiger partial charge in [0.1, 0.15) is 35.4 Å². The summed E-state index contributed by atoms with van der Waals surface area (Å²) >= 11 is 0. The van der Waals surface area contributed by atoms with E-state index in [0.29, 0.717) is 34.7 Å². The molecule has 0 radical (unpaired) electrons. The SMILES string of the molecule is CCOC(=O)Cc1cccc(COc2cccc(C3CC(c4ccc(F)cc4)=NN3C(=O)c3c(F)cc(F)cc3F)c2OC)c1. The number of carbonyl (C=O) groups excluding carboxylic acids is 2. The molecule has 0 spiro atoms. The molecule has 1 heterocycles. The smallest absolute Gasteiger partial charge is 0.310 e. The lowest BCUT2D eigenvalue weighted by atomic mass is 9.97. The number of ether oxygens (including phenoxy) is 3. The Hall–Kier alpha value is -5.19. The summed E-state index contributed by atoms with van der Waals surface area (Å²) in [4.78, 5) is 25.5. The molecule has 1 atom stereocenters. The van der Waals surface area contributed by atoms with Gasteiger partial charge in [0.2, 0.25) is 0 Å². The van der Waals surface area contributed by atoms with E-state index < -0.39 is 40.8 Å². The Kier molecular flexibility index (Phi) is 9.46. The second kappa shape index (κ2) is 13.6. The molecule has 1 amide bonds. The van der Waals surface area contributed by atoms with E-state index in [4.69, 9.17) is 14.2 Å². The van der Waals surface area contributed by atoms with Gasteiger partial charge in [0, 0.05) is 24.1 Å². The standard InChI is InChI=1S/C34H28F4N2O5/c1-3-44-31(41)15-20-6-4-7-21(14-20)19-45-30-9-5-8-25(33(30)43-2)29-18-28(22-10-12-23(35)13-11-22)39-40(29)34(42)32-26(37)16-24(36)17-27(32)38/h4-14,16-17,29H,3,15,18-19H2,1-2H3. The monoisotopic (exact) mass is 620 g/mol. The van der Waals surface area contributed by atoms with Gasteiger partial charge in [-0.3, -0.25) is 9.59 Å². The minimum atomic E-state index is -1.38. The minimum absolute atomic E-state index is 0.0809. The Morgan fingerprint density at radius 2 is 1.58 bits per heavy atom. The van der Waals surface area contributed by atoms with Crippen LogP contribution in [0, 0.1) is 23.3 Å². The third-order valence-corrected chi connectivity index (χ3v) is 7.13. The van der Waals surface area contributed by atoms with Crippen LogP contribution in [-0.4, -0.2) is 36.3 Å². The van der Waals surface area contributed by atoms with Crippen LogP contribution >= 0.6 is 0 Å². The molecule has 4 aromatic carbocycles. The Morgan fingerprint density at radius 1 is 0.889 bits per heavy atom. The predicted octanol–water partition coefficient (Wildman–Crippen LogP) is 6.93. The van der Waals surface area contributed by atoms with Gasteiger partial charge in [0.15, 0.2) is 11.5 Å². The number of hydrazone groups is 1.